The highest BCUT2D eigenvalue weighted by atomic mass is 32.2. The third-order valence-corrected chi connectivity index (χ3v) is 4.33. The van der Waals surface area contributed by atoms with E-state index in [0.717, 1.165) is 6.07 Å². The summed E-state index contributed by atoms with van der Waals surface area (Å²) in [5.41, 5.74) is -1.78. The first kappa shape index (κ1) is 17.1. The highest BCUT2D eigenvalue weighted by Crippen LogP contribution is 2.34. The van der Waals surface area contributed by atoms with Crippen molar-refractivity contribution in [3.8, 4) is 0 Å². The molecule has 0 aromatic heterocycles. The maximum atomic E-state index is 11.8. The van der Waals surface area contributed by atoms with E-state index in [1.807, 2.05) is 0 Å². The van der Waals surface area contributed by atoms with Crippen molar-refractivity contribution in [2.24, 2.45) is 0 Å². The van der Waals surface area contributed by atoms with Crippen LogP contribution in [0.25, 0.3) is 0 Å². The van der Waals surface area contributed by atoms with Crippen LogP contribution in [0.4, 0.5) is 11.4 Å². The fraction of sp³-hybridized carbons (Fsp3) is 0.143. The lowest BCUT2D eigenvalue weighted by Gasteiger charge is -2.08. The number of rotatable bonds is 6. The molecule has 1 aromatic rings. The van der Waals surface area contributed by atoms with E-state index in [-0.39, 0.29) is 0 Å². The van der Waals surface area contributed by atoms with Gasteiger partial charge in [-0.2, -0.15) is 4.72 Å². The van der Waals surface area contributed by atoms with Crippen molar-refractivity contribution in [3.05, 3.63) is 38.4 Å². The van der Waals surface area contributed by atoms with Gasteiger partial charge in [0.1, 0.15) is 6.29 Å². The number of nitrogens with zero attached hydrogens (tertiary/aromatic N) is 2. The lowest BCUT2D eigenvalue weighted by atomic mass is 10.3. The number of nitro benzene ring substituents is 2. The van der Waals surface area contributed by atoms with E-state index in [4.69, 9.17) is 9.79 Å². The second kappa shape index (κ2) is 5.83. The Morgan fingerprint density at radius 1 is 1.19 bits per heavy atom. The van der Waals surface area contributed by atoms with Gasteiger partial charge in [-0.15, -0.1) is 0 Å². The molecule has 0 aliphatic rings. The van der Waals surface area contributed by atoms with Crippen LogP contribution in [0, 0.1) is 20.2 Å². The van der Waals surface area contributed by atoms with E-state index in [1.165, 1.54) is 4.72 Å². The Hall–Kier alpha value is -1.92. The topological polar surface area (TPSA) is 190 Å². The molecule has 0 fully saturated rings. The Kier molecular flexibility index (Phi) is 4.76. The Labute approximate surface area is 116 Å². The maximum absolute atomic E-state index is 11.8. The maximum Gasteiger partial charge on any atom is 0.340 e. The fourth-order valence-electron chi connectivity index (χ4n) is 1.24. The van der Waals surface area contributed by atoms with Crippen LogP contribution in [0.15, 0.2) is 23.1 Å². The average Bonchev–Trinajstić information content (AvgIpc) is 2.35. The molecule has 3 N–H and O–H groups in total. The van der Waals surface area contributed by atoms with E-state index in [1.54, 1.807) is 0 Å². The van der Waals surface area contributed by atoms with E-state index < -0.39 is 50.0 Å². The summed E-state index contributed by atoms with van der Waals surface area (Å²) in [4.78, 5) is 35.4. The molecule has 14 heteroatoms. The van der Waals surface area contributed by atoms with E-state index in [0.29, 0.717) is 12.1 Å². The van der Waals surface area contributed by atoms with Crippen molar-refractivity contribution >= 4 is 29.0 Å². The molecule has 0 heterocycles. The van der Waals surface area contributed by atoms with Gasteiger partial charge in [0.25, 0.3) is 11.4 Å². The number of nitro groups is 2. The van der Waals surface area contributed by atoms with E-state index in [2.05, 4.69) is 0 Å². The van der Waals surface area contributed by atoms with Gasteiger partial charge in [-0.3, -0.25) is 24.8 Å². The zero-order valence-corrected chi connectivity index (χ0v) is 11.7. The quantitative estimate of drug-likeness (QED) is 0.360. The molecule has 0 aliphatic heterocycles. The number of hydrogen-bond acceptors (Lipinski definition) is 7. The first-order chi connectivity index (χ1) is 9.44. The summed E-state index contributed by atoms with van der Waals surface area (Å²) in [6.07, 6.45) is -1.26. The number of sulfonamides is 1. The van der Waals surface area contributed by atoms with Gasteiger partial charge < -0.3 is 9.79 Å². The van der Waals surface area contributed by atoms with Crippen molar-refractivity contribution in [1.29, 1.82) is 0 Å². The van der Waals surface area contributed by atoms with Crippen molar-refractivity contribution in [2.45, 2.75) is 4.90 Å². The zero-order valence-electron chi connectivity index (χ0n) is 9.94. The van der Waals surface area contributed by atoms with Crippen LogP contribution in [0.1, 0.15) is 0 Å². The van der Waals surface area contributed by atoms with Gasteiger partial charge in [-0.1, -0.05) is 0 Å². The predicted molar refractivity (Wildman–Crippen MR) is 67.0 cm³/mol. The Morgan fingerprint density at radius 2 is 1.76 bits per heavy atom. The predicted octanol–water partition coefficient (Wildman–Crippen LogP) is -0.0835. The van der Waals surface area contributed by atoms with E-state index in [9.17, 15) is 33.2 Å². The van der Waals surface area contributed by atoms with Crippen LogP contribution in [-0.2, 0) is 14.6 Å². The molecule has 0 saturated carbocycles. The Balaban J connectivity index is 3.32. The minimum absolute atomic E-state index is 0.437. The highest BCUT2D eigenvalue weighted by Gasteiger charge is 2.30. The summed E-state index contributed by atoms with van der Waals surface area (Å²) in [5, 5.41) is 21.3. The minimum atomic E-state index is -4.71. The van der Waals surface area contributed by atoms with Gasteiger partial charge in [-0.05, 0) is 6.07 Å². The first-order valence-corrected chi connectivity index (χ1v) is 8.19. The molecule has 1 aromatic carbocycles. The molecule has 116 valence electrons. The van der Waals surface area contributed by atoms with Gasteiger partial charge in [0.2, 0.25) is 10.0 Å². The standard InChI is InChI=1S/C7H8N3O9PS/c11-9(12)5-1-2-7(6(3-5)10(13)14)21(18,19)8-4-20(15,16)17/h1-3,8H,4H2,(H2,15,16,17). The van der Waals surface area contributed by atoms with Gasteiger partial charge in [0.15, 0.2) is 4.90 Å². The van der Waals surface area contributed by atoms with Gasteiger partial charge >= 0.3 is 7.60 Å². The monoisotopic (exact) mass is 341 g/mol. The summed E-state index contributed by atoms with van der Waals surface area (Å²) >= 11 is 0. The molecule has 0 amide bonds. The molecule has 1 rings (SSSR count). The highest BCUT2D eigenvalue weighted by molar-refractivity contribution is 7.90. The largest absolute Gasteiger partial charge is 0.340 e. The third kappa shape index (κ3) is 4.54. The lowest BCUT2D eigenvalue weighted by molar-refractivity contribution is -0.396. The molecule has 12 nitrogen and oxygen atoms in total. The van der Waals surface area contributed by atoms with Crippen LogP contribution >= 0.6 is 7.60 Å². The normalized spacial score (nSPS) is 12.1. The summed E-state index contributed by atoms with van der Waals surface area (Å²) in [6, 6.07) is 1.77. The fourth-order valence-corrected chi connectivity index (χ4v) is 3.40. The number of hydrogen-bond donors (Lipinski definition) is 3. The van der Waals surface area contributed by atoms with Crippen LogP contribution in [0.2, 0.25) is 0 Å². The number of non-ortho nitro benzene ring substituents is 1. The van der Waals surface area contributed by atoms with Crippen LogP contribution in [0.3, 0.4) is 0 Å². The van der Waals surface area contributed by atoms with Gasteiger partial charge in [0.05, 0.1) is 15.9 Å². The molecule has 0 spiro atoms. The number of nitrogens with one attached hydrogen (secondary N) is 1. The molecule has 0 bridgehead atoms. The van der Waals surface area contributed by atoms with Gasteiger partial charge in [0, 0.05) is 6.07 Å². The van der Waals surface area contributed by atoms with Gasteiger partial charge in [-0.25, -0.2) is 8.42 Å². The molecule has 0 atom stereocenters. The molecule has 0 aliphatic carbocycles. The van der Waals surface area contributed by atoms with Crippen molar-refractivity contribution in [3.63, 3.8) is 0 Å². The third-order valence-electron chi connectivity index (χ3n) is 2.10. The second-order valence-corrected chi connectivity index (χ2v) is 7.02. The summed E-state index contributed by atoms with van der Waals surface area (Å²) in [5.74, 6) is 0. The second-order valence-electron chi connectivity index (χ2n) is 3.64. The Morgan fingerprint density at radius 3 is 2.19 bits per heavy atom. The molecule has 0 radical (unpaired) electrons. The average molecular weight is 341 g/mol. The Bertz CT molecular complexity index is 740. The molecular weight excluding hydrogens is 333 g/mol. The van der Waals surface area contributed by atoms with E-state index >= 15 is 0 Å². The first-order valence-electron chi connectivity index (χ1n) is 4.91. The summed E-state index contributed by atoms with van der Waals surface area (Å²) in [6.45, 7) is 0. The summed E-state index contributed by atoms with van der Waals surface area (Å²) < 4.78 is 35.6. The van der Waals surface area contributed by atoms with Crippen LogP contribution < -0.4 is 4.72 Å². The molecule has 0 saturated heterocycles. The number of benzene rings is 1. The SMILES string of the molecule is O=[N+]([O-])c1ccc(S(=O)(=O)NCP(=O)(O)O)c([N+](=O)[O-])c1. The lowest BCUT2D eigenvalue weighted by Crippen LogP contribution is -2.25. The smallest absolute Gasteiger partial charge is 0.324 e. The molecule has 0 unspecified atom stereocenters. The molecule has 21 heavy (non-hydrogen) atoms. The van der Waals surface area contributed by atoms with Crippen LogP contribution in [-0.4, -0.2) is 34.3 Å². The summed E-state index contributed by atoms with van der Waals surface area (Å²) in [7, 11) is -9.33. The van der Waals surface area contributed by atoms with Crippen molar-refractivity contribution in [1.82, 2.24) is 4.72 Å². The minimum Gasteiger partial charge on any atom is -0.324 e. The van der Waals surface area contributed by atoms with Crippen molar-refractivity contribution < 1.29 is 32.6 Å². The van der Waals surface area contributed by atoms with Crippen LogP contribution in [0.5, 0.6) is 0 Å². The zero-order chi connectivity index (χ0) is 16.4. The molecular formula is C7H8N3O9PS. The van der Waals surface area contributed by atoms with Crippen molar-refractivity contribution in [2.75, 3.05) is 6.29 Å².